The molecule has 36 heavy (non-hydrogen) atoms. The zero-order chi connectivity index (χ0) is 26.0. The first-order valence-electron chi connectivity index (χ1n) is 10.8. The van der Waals surface area contributed by atoms with Crippen molar-refractivity contribution in [3.63, 3.8) is 0 Å². The molecule has 1 aromatic heterocycles. The van der Waals surface area contributed by atoms with Gasteiger partial charge in [0.2, 0.25) is 0 Å². The lowest BCUT2D eigenvalue weighted by atomic mass is 10.1. The second kappa shape index (κ2) is 10.3. The van der Waals surface area contributed by atoms with Crippen molar-refractivity contribution >= 4 is 63.1 Å². The Labute approximate surface area is 215 Å². The van der Waals surface area contributed by atoms with Crippen LogP contribution in [0.3, 0.4) is 0 Å². The molecule has 0 radical (unpaired) electrons. The molecule has 0 spiro atoms. The number of para-hydroxylation sites is 1. The van der Waals surface area contributed by atoms with E-state index in [1.54, 1.807) is 50.2 Å². The molecule has 0 unspecified atom stereocenters. The Bertz CT molecular complexity index is 1400. The van der Waals surface area contributed by atoms with E-state index < -0.39 is 17.8 Å². The molecule has 0 saturated carbocycles. The van der Waals surface area contributed by atoms with Crippen LogP contribution in [0.5, 0.6) is 0 Å². The summed E-state index contributed by atoms with van der Waals surface area (Å²) in [5.74, 6) is -2.50. The molecule has 11 heteroatoms. The van der Waals surface area contributed by atoms with Crippen LogP contribution in [0.25, 0.3) is 0 Å². The number of thiazole rings is 1. The predicted molar refractivity (Wildman–Crippen MR) is 137 cm³/mol. The second-order valence-corrected chi connectivity index (χ2v) is 9.29. The summed E-state index contributed by atoms with van der Waals surface area (Å²) in [6, 6.07) is 12.4. The van der Waals surface area contributed by atoms with Gasteiger partial charge in [0.05, 0.1) is 23.0 Å². The number of carbonyl (C=O) groups excluding carboxylic acids is 4. The van der Waals surface area contributed by atoms with Crippen LogP contribution in [0.2, 0.25) is 0 Å². The van der Waals surface area contributed by atoms with Crippen LogP contribution in [0.15, 0.2) is 64.6 Å². The molecule has 3 aromatic rings. The van der Waals surface area contributed by atoms with Crippen LogP contribution >= 0.6 is 22.9 Å². The lowest BCUT2D eigenvalue weighted by Crippen LogP contribution is -2.33. The molecule has 2 aromatic carbocycles. The minimum Gasteiger partial charge on any atom is -0.459 e. The molecular weight excluding hydrogens is 504 g/mol. The van der Waals surface area contributed by atoms with E-state index in [2.05, 4.69) is 15.6 Å². The molecule has 1 aliphatic rings. The van der Waals surface area contributed by atoms with Gasteiger partial charge >= 0.3 is 5.97 Å². The van der Waals surface area contributed by atoms with E-state index in [9.17, 15) is 19.2 Å². The summed E-state index contributed by atoms with van der Waals surface area (Å²) >= 11 is 7.55. The molecule has 9 nitrogen and oxygen atoms in total. The van der Waals surface area contributed by atoms with E-state index in [0.717, 1.165) is 10.6 Å². The fourth-order valence-corrected chi connectivity index (χ4v) is 4.27. The van der Waals surface area contributed by atoms with E-state index in [1.165, 1.54) is 23.5 Å². The Kier molecular flexibility index (Phi) is 7.18. The molecule has 2 heterocycles. The number of imide groups is 1. The van der Waals surface area contributed by atoms with Gasteiger partial charge in [-0.05, 0) is 57.2 Å². The number of nitrogens with zero attached hydrogens (tertiary/aromatic N) is 2. The van der Waals surface area contributed by atoms with Crippen LogP contribution in [-0.4, -0.2) is 34.8 Å². The first-order valence-corrected chi connectivity index (χ1v) is 12.1. The summed E-state index contributed by atoms with van der Waals surface area (Å²) in [6.07, 6.45) is -0.384. The van der Waals surface area contributed by atoms with Crippen LogP contribution in [0.1, 0.15) is 40.3 Å². The molecule has 0 fully saturated rings. The minimum atomic E-state index is -0.774. The molecule has 3 amide bonds. The number of aryl methyl sites for hydroxylation is 1. The smallest absolute Gasteiger partial charge is 0.340 e. The number of amides is 3. The number of aromatic nitrogens is 1. The van der Waals surface area contributed by atoms with Crippen molar-refractivity contribution in [2.24, 2.45) is 0 Å². The van der Waals surface area contributed by atoms with Crippen molar-refractivity contribution in [1.29, 1.82) is 0 Å². The Morgan fingerprint density at radius 3 is 2.39 bits per heavy atom. The summed E-state index contributed by atoms with van der Waals surface area (Å²) in [5, 5.41) is 7.56. The predicted octanol–water partition coefficient (Wildman–Crippen LogP) is 4.70. The third-order valence-electron chi connectivity index (χ3n) is 4.99. The SMILES string of the molecule is Cc1csc(NC(=O)c2ccc(NC3=C(Cl)C(=O)N(c4ccccc4C(=O)OC(C)C)C3=O)cc2)n1. The molecule has 184 valence electrons. The number of halogens is 1. The highest BCUT2D eigenvalue weighted by Gasteiger charge is 2.40. The number of hydrogen-bond acceptors (Lipinski definition) is 8. The van der Waals surface area contributed by atoms with Gasteiger partial charge in [0.25, 0.3) is 17.7 Å². The van der Waals surface area contributed by atoms with Gasteiger partial charge < -0.3 is 10.1 Å². The summed E-state index contributed by atoms with van der Waals surface area (Å²) < 4.78 is 5.24. The Morgan fingerprint density at radius 1 is 1.06 bits per heavy atom. The quantitative estimate of drug-likeness (QED) is 0.339. The van der Waals surface area contributed by atoms with Gasteiger partial charge in [0.1, 0.15) is 10.7 Å². The molecule has 0 atom stereocenters. The van der Waals surface area contributed by atoms with Gasteiger partial charge in [-0.1, -0.05) is 23.7 Å². The molecule has 2 N–H and O–H groups in total. The van der Waals surface area contributed by atoms with Crippen LogP contribution < -0.4 is 15.5 Å². The van der Waals surface area contributed by atoms with Crippen LogP contribution in [0.4, 0.5) is 16.5 Å². The minimum absolute atomic E-state index is 0.0596. The highest BCUT2D eigenvalue weighted by molar-refractivity contribution is 7.13. The van der Waals surface area contributed by atoms with E-state index in [0.29, 0.717) is 16.4 Å². The van der Waals surface area contributed by atoms with Gasteiger partial charge in [-0.25, -0.2) is 14.7 Å². The van der Waals surface area contributed by atoms with E-state index in [-0.39, 0.29) is 34.0 Å². The topological polar surface area (TPSA) is 118 Å². The first-order chi connectivity index (χ1) is 17.2. The summed E-state index contributed by atoms with van der Waals surface area (Å²) in [7, 11) is 0. The van der Waals surface area contributed by atoms with Gasteiger partial charge in [0.15, 0.2) is 5.13 Å². The van der Waals surface area contributed by atoms with Gasteiger partial charge in [-0.2, -0.15) is 0 Å². The fraction of sp³-hybridized carbons (Fsp3) is 0.160. The highest BCUT2D eigenvalue weighted by atomic mass is 35.5. The van der Waals surface area contributed by atoms with Crippen molar-refractivity contribution in [3.8, 4) is 0 Å². The lowest BCUT2D eigenvalue weighted by Gasteiger charge is -2.19. The highest BCUT2D eigenvalue weighted by Crippen LogP contribution is 2.32. The number of rotatable bonds is 7. The van der Waals surface area contributed by atoms with Crippen molar-refractivity contribution in [1.82, 2.24) is 4.98 Å². The van der Waals surface area contributed by atoms with Gasteiger partial charge in [-0.15, -0.1) is 11.3 Å². The van der Waals surface area contributed by atoms with Crippen molar-refractivity contribution in [2.45, 2.75) is 26.9 Å². The number of anilines is 3. The molecular formula is C25H21ClN4O5S. The normalized spacial score (nSPS) is 13.4. The Hall–Kier alpha value is -4.02. The molecule has 0 saturated heterocycles. The van der Waals surface area contributed by atoms with Crippen LogP contribution in [-0.2, 0) is 14.3 Å². The van der Waals surface area contributed by atoms with E-state index >= 15 is 0 Å². The number of carbonyl (C=O) groups is 4. The Morgan fingerprint density at radius 2 is 1.75 bits per heavy atom. The number of hydrogen-bond donors (Lipinski definition) is 2. The molecule has 1 aliphatic heterocycles. The summed E-state index contributed by atoms with van der Waals surface area (Å²) in [6.45, 7) is 5.22. The third-order valence-corrected chi connectivity index (χ3v) is 6.22. The number of ether oxygens (including phenoxy) is 1. The maximum absolute atomic E-state index is 13.2. The van der Waals surface area contributed by atoms with E-state index in [1.807, 2.05) is 12.3 Å². The first kappa shape index (κ1) is 25.1. The van der Waals surface area contributed by atoms with Crippen molar-refractivity contribution in [2.75, 3.05) is 15.5 Å². The average molecular weight is 525 g/mol. The number of benzene rings is 2. The number of nitrogens with one attached hydrogen (secondary N) is 2. The zero-order valence-electron chi connectivity index (χ0n) is 19.5. The Balaban J connectivity index is 1.52. The monoisotopic (exact) mass is 524 g/mol. The molecule has 4 rings (SSSR count). The van der Waals surface area contributed by atoms with Gasteiger partial charge in [0, 0.05) is 16.6 Å². The third kappa shape index (κ3) is 5.14. The van der Waals surface area contributed by atoms with Crippen LogP contribution in [0, 0.1) is 6.92 Å². The molecule has 0 bridgehead atoms. The standard InChI is InChI=1S/C25H21ClN4O5S/c1-13(2)35-24(34)17-6-4-5-7-18(17)30-22(32)19(26)20(23(30)33)28-16-10-8-15(9-11-16)21(31)29-25-27-14(3)12-36-25/h4-13,28H,1-3H3,(H,27,29,31). The second-order valence-electron chi connectivity index (χ2n) is 8.06. The maximum Gasteiger partial charge on any atom is 0.340 e. The summed E-state index contributed by atoms with van der Waals surface area (Å²) in [4.78, 5) is 56.1. The average Bonchev–Trinajstić information content (AvgIpc) is 3.34. The van der Waals surface area contributed by atoms with E-state index in [4.69, 9.17) is 16.3 Å². The van der Waals surface area contributed by atoms with Crippen molar-refractivity contribution < 1.29 is 23.9 Å². The summed E-state index contributed by atoms with van der Waals surface area (Å²) in [5.41, 5.74) is 1.59. The number of esters is 1. The zero-order valence-corrected chi connectivity index (χ0v) is 21.1. The lowest BCUT2D eigenvalue weighted by molar-refractivity contribution is -0.120. The maximum atomic E-state index is 13.2. The largest absolute Gasteiger partial charge is 0.459 e. The van der Waals surface area contributed by atoms with Crippen molar-refractivity contribution in [3.05, 3.63) is 81.5 Å². The fourth-order valence-electron chi connectivity index (χ4n) is 3.38. The van der Waals surface area contributed by atoms with Gasteiger partial charge in [-0.3, -0.25) is 19.7 Å². The molecule has 0 aliphatic carbocycles.